The normalized spacial score (nSPS) is 12.3. The number of hydrogen-bond donors (Lipinski definition) is 1. The summed E-state index contributed by atoms with van der Waals surface area (Å²) in [7, 11) is 0. The average Bonchev–Trinajstić information content (AvgIpc) is 2.35. The maximum Gasteiger partial charge on any atom is 0.387 e. The highest BCUT2D eigenvalue weighted by molar-refractivity contribution is 5.54. The fourth-order valence-corrected chi connectivity index (χ4v) is 1.65. The van der Waals surface area contributed by atoms with Gasteiger partial charge in [-0.2, -0.15) is 8.78 Å². The van der Waals surface area contributed by atoms with E-state index in [4.69, 9.17) is 0 Å². The summed E-state index contributed by atoms with van der Waals surface area (Å²) < 4.78 is 28.4. The molecule has 106 valence electrons. The Labute approximate surface area is 113 Å². The highest BCUT2D eigenvalue weighted by Gasteiger charge is 2.05. The van der Waals surface area contributed by atoms with E-state index in [1.54, 1.807) is 24.3 Å². The molecule has 0 radical (unpaired) electrons. The molecule has 1 aromatic carbocycles. The molecule has 0 aromatic heterocycles. The predicted octanol–water partition coefficient (Wildman–Crippen LogP) is 3.94. The number of benzene rings is 1. The zero-order chi connectivity index (χ0) is 14.3. The highest BCUT2D eigenvalue weighted by atomic mass is 19.3. The van der Waals surface area contributed by atoms with Gasteiger partial charge in [-0.15, -0.1) is 0 Å². The molecule has 0 amide bonds. The number of rotatable bonds is 7. The van der Waals surface area contributed by atoms with Crippen LogP contribution >= 0.6 is 0 Å². The first-order valence-corrected chi connectivity index (χ1v) is 6.49. The van der Waals surface area contributed by atoms with E-state index in [2.05, 4.69) is 36.9 Å². The lowest BCUT2D eigenvalue weighted by atomic mass is 10.00. The van der Waals surface area contributed by atoms with Crippen molar-refractivity contribution < 1.29 is 13.5 Å². The Morgan fingerprint density at radius 1 is 1.26 bits per heavy atom. The van der Waals surface area contributed by atoms with Gasteiger partial charge in [0, 0.05) is 6.54 Å². The Morgan fingerprint density at radius 2 is 1.89 bits per heavy atom. The lowest BCUT2D eigenvalue weighted by Crippen LogP contribution is -2.18. The zero-order valence-electron chi connectivity index (χ0n) is 11.6. The van der Waals surface area contributed by atoms with Crippen LogP contribution in [-0.4, -0.2) is 19.7 Å². The molecule has 1 N–H and O–H groups in total. The van der Waals surface area contributed by atoms with E-state index in [0.717, 1.165) is 18.7 Å². The van der Waals surface area contributed by atoms with Crippen molar-refractivity contribution in [2.75, 3.05) is 13.1 Å². The molecule has 0 spiro atoms. The van der Waals surface area contributed by atoms with Crippen molar-refractivity contribution in [3.05, 3.63) is 35.4 Å². The third kappa shape index (κ3) is 5.83. The van der Waals surface area contributed by atoms with Crippen LogP contribution in [0.25, 0.3) is 6.08 Å². The molecule has 0 aliphatic heterocycles. The molecule has 1 aromatic rings. The monoisotopic (exact) mass is 269 g/mol. The van der Waals surface area contributed by atoms with Gasteiger partial charge in [0.2, 0.25) is 0 Å². The Hall–Kier alpha value is -1.42. The van der Waals surface area contributed by atoms with Crippen molar-refractivity contribution in [3.63, 3.8) is 0 Å². The second-order valence-electron chi connectivity index (χ2n) is 4.60. The fourth-order valence-electron chi connectivity index (χ4n) is 1.65. The van der Waals surface area contributed by atoms with Gasteiger partial charge in [-0.1, -0.05) is 44.6 Å². The summed E-state index contributed by atoms with van der Waals surface area (Å²) >= 11 is 0. The van der Waals surface area contributed by atoms with E-state index in [0.29, 0.717) is 5.92 Å². The number of alkyl halides is 2. The zero-order valence-corrected chi connectivity index (χ0v) is 11.6. The number of likely N-dealkylation sites (N-methyl/N-ethyl adjacent to an activating group) is 1. The van der Waals surface area contributed by atoms with Crippen LogP contribution < -0.4 is 10.1 Å². The predicted molar refractivity (Wildman–Crippen MR) is 74.4 cm³/mol. The second-order valence-corrected chi connectivity index (χ2v) is 4.60. The molecular formula is C15H21F2NO. The molecule has 0 saturated heterocycles. The van der Waals surface area contributed by atoms with Gasteiger partial charge in [0.1, 0.15) is 5.75 Å². The van der Waals surface area contributed by atoms with E-state index in [9.17, 15) is 8.78 Å². The smallest absolute Gasteiger partial charge is 0.387 e. The van der Waals surface area contributed by atoms with E-state index in [1.165, 1.54) is 5.57 Å². The van der Waals surface area contributed by atoms with Gasteiger partial charge in [-0.3, -0.25) is 0 Å². The minimum Gasteiger partial charge on any atom is -0.435 e. The van der Waals surface area contributed by atoms with Gasteiger partial charge in [0.15, 0.2) is 0 Å². The molecule has 0 atom stereocenters. The average molecular weight is 269 g/mol. The summed E-state index contributed by atoms with van der Waals surface area (Å²) in [6, 6.07) is 6.68. The minimum absolute atomic E-state index is 0.185. The summed E-state index contributed by atoms with van der Waals surface area (Å²) in [4.78, 5) is 0. The van der Waals surface area contributed by atoms with Crippen molar-refractivity contribution in [3.8, 4) is 5.75 Å². The summed E-state index contributed by atoms with van der Waals surface area (Å²) in [5.74, 6) is 0.626. The number of hydrogen-bond acceptors (Lipinski definition) is 2. The molecule has 2 nitrogen and oxygen atoms in total. The third-order valence-corrected chi connectivity index (χ3v) is 2.78. The Kier molecular flexibility index (Phi) is 6.50. The molecule has 1 rings (SSSR count). The van der Waals surface area contributed by atoms with Crippen LogP contribution in [0.3, 0.4) is 0 Å². The van der Waals surface area contributed by atoms with Crippen LogP contribution in [0.2, 0.25) is 0 Å². The first-order valence-electron chi connectivity index (χ1n) is 6.49. The van der Waals surface area contributed by atoms with E-state index < -0.39 is 6.61 Å². The van der Waals surface area contributed by atoms with Crippen LogP contribution in [0, 0.1) is 5.92 Å². The molecule has 0 unspecified atom stereocenters. The van der Waals surface area contributed by atoms with Gasteiger partial charge >= 0.3 is 6.61 Å². The van der Waals surface area contributed by atoms with Gasteiger partial charge in [-0.05, 0) is 30.2 Å². The van der Waals surface area contributed by atoms with Gasteiger partial charge < -0.3 is 10.1 Å². The first-order chi connectivity index (χ1) is 9.02. The molecule has 0 aliphatic carbocycles. The molecule has 0 fully saturated rings. The van der Waals surface area contributed by atoms with Gasteiger partial charge in [0.05, 0.1) is 0 Å². The molecule has 0 heterocycles. The lowest BCUT2D eigenvalue weighted by Gasteiger charge is -2.12. The largest absolute Gasteiger partial charge is 0.435 e. The summed E-state index contributed by atoms with van der Waals surface area (Å²) in [5, 5.41) is 3.30. The topological polar surface area (TPSA) is 21.3 Å². The molecule has 19 heavy (non-hydrogen) atoms. The van der Waals surface area contributed by atoms with E-state index in [-0.39, 0.29) is 5.75 Å². The Balaban J connectivity index is 2.77. The first kappa shape index (κ1) is 15.6. The maximum absolute atomic E-state index is 12.0. The van der Waals surface area contributed by atoms with Crippen molar-refractivity contribution in [1.82, 2.24) is 5.32 Å². The standard InChI is InChI=1S/C15H21F2NO/c1-4-18-10-13(11(2)3)9-12-5-7-14(8-6-12)19-15(16)17/h5-9,11,15,18H,4,10H2,1-3H3. The molecule has 0 aliphatic rings. The van der Waals surface area contributed by atoms with Crippen LogP contribution in [0.1, 0.15) is 26.3 Å². The second kappa shape index (κ2) is 7.89. The van der Waals surface area contributed by atoms with Gasteiger partial charge in [-0.25, -0.2) is 0 Å². The number of halogens is 2. The Morgan fingerprint density at radius 3 is 2.37 bits per heavy atom. The van der Waals surface area contributed by atoms with Crippen LogP contribution in [-0.2, 0) is 0 Å². The summed E-state index contributed by atoms with van der Waals surface area (Å²) in [6.45, 7) is 5.32. The lowest BCUT2D eigenvalue weighted by molar-refractivity contribution is -0.0498. The van der Waals surface area contributed by atoms with Crippen molar-refractivity contribution in [2.24, 2.45) is 5.92 Å². The maximum atomic E-state index is 12.0. The van der Waals surface area contributed by atoms with Crippen LogP contribution in [0.15, 0.2) is 29.8 Å². The highest BCUT2D eigenvalue weighted by Crippen LogP contribution is 2.18. The molecular weight excluding hydrogens is 248 g/mol. The Bertz CT molecular complexity index is 399. The van der Waals surface area contributed by atoms with Crippen molar-refractivity contribution in [2.45, 2.75) is 27.4 Å². The van der Waals surface area contributed by atoms with Crippen molar-refractivity contribution >= 4 is 6.08 Å². The number of nitrogens with one attached hydrogen (secondary N) is 1. The molecule has 4 heteroatoms. The summed E-state index contributed by atoms with van der Waals surface area (Å²) in [5.41, 5.74) is 2.27. The SMILES string of the molecule is CCNCC(=Cc1ccc(OC(F)F)cc1)C(C)C. The third-order valence-electron chi connectivity index (χ3n) is 2.78. The molecule has 0 bridgehead atoms. The fraction of sp³-hybridized carbons (Fsp3) is 0.467. The van der Waals surface area contributed by atoms with Gasteiger partial charge in [0.25, 0.3) is 0 Å². The van der Waals surface area contributed by atoms with E-state index >= 15 is 0 Å². The molecule has 0 saturated carbocycles. The van der Waals surface area contributed by atoms with Crippen LogP contribution in [0.4, 0.5) is 8.78 Å². The van der Waals surface area contributed by atoms with Crippen molar-refractivity contribution in [1.29, 1.82) is 0 Å². The number of ether oxygens (including phenoxy) is 1. The van der Waals surface area contributed by atoms with Crippen LogP contribution in [0.5, 0.6) is 5.75 Å². The van der Waals surface area contributed by atoms with E-state index in [1.807, 2.05) is 0 Å². The minimum atomic E-state index is -2.78. The summed E-state index contributed by atoms with van der Waals surface area (Å²) in [6.07, 6.45) is 2.08. The quantitative estimate of drug-likeness (QED) is 0.809.